The first-order valence-electron chi connectivity index (χ1n) is 6.27. The van der Waals surface area contributed by atoms with E-state index in [2.05, 4.69) is 13.8 Å². The molecular formula is C15H22O2. The smallest absolute Gasteiger partial charge is 0.137 e. The van der Waals surface area contributed by atoms with Crippen molar-refractivity contribution in [2.45, 2.75) is 39.5 Å². The van der Waals surface area contributed by atoms with E-state index in [0.717, 1.165) is 24.2 Å². The fraction of sp³-hybridized carbons (Fsp3) is 0.533. The predicted molar refractivity (Wildman–Crippen MR) is 70.4 cm³/mol. The Morgan fingerprint density at radius 2 is 2.00 bits per heavy atom. The first-order valence-corrected chi connectivity index (χ1v) is 6.27. The summed E-state index contributed by atoms with van der Waals surface area (Å²) in [5, 5.41) is 0. The van der Waals surface area contributed by atoms with Crippen molar-refractivity contribution in [3.05, 3.63) is 29.8 Å². The normalized spacial score (nSPS) is 10.6. The minimum Gasteiger partial charge on any atom is -0.496 e. The maximum atomic E-state index is 11.8. The zero-order valence-electron chi connectivity index (χ0n) is 11.0. The van der Waals surface area contributed by atoms with E-state index in [0.29, 0.717) is 24.5 Å². The summed E-state index contributed by atoms with van der Waals surface area (Å²) in [4.78, 5) is 11.8. The third kappa shape index (κ3) is 5.03. The lowest BCUT2D eigenvalue weighted by atomic mass is 10.0. The van der Waals surface area contributed by atoms with Crippen molar-refractivity contribution in [3.8, 4) is 5.75 Å². The van der Waals surface area contributed by atoms with Crippen LogP contribution in [0.15, 0.2) is 24.3 Å². The fourth-order valence-corrected chi connectivity index (χ4v) is 1.86. The van der Waals surface area contributed by atoms with Crippen molar-refractivity contribution < 1.29 is 9.53 Å². The van der Waals surface area contributed by atoms with Gasteiger partial charge >= 0.3 is 0 Å². The molecule has 1 rings (SSSR count). The van der Waals surface area contributed by atoms with Gasteiger partial charge in [-0.15, -0.1) is 0 Å². The summed E-state index contributed by atoms with van der Waals surface area (Å²) in [6.07, 6.45) is 3.28. The molecule has 0 unspecified atom stereocenters. The summed E-state index contributed by atoms with van der Waals surface area (Å²) < 4.78 is 5.24. The highest BCUT2D eigenvalue weighted by molar-refractivity contribution is 5.81. The summed E-state index contributed by atoms with van der Waals surface area (Å²) in [5.41, 5.74) is 0.990. The van der Waals surface area contributed by atoms with E-state index in [9.17, 15) is 4.79 Å². The van der Waals surface area contributed by atoms with Gasteiger partial charge in [-0.3, -0.25) is 4.79 Å². The Labute approximate surface area is 104 Å². The van der Waals surface area contributed by atoms with Crippen LogP contribution in [-0.4, -0.2) is 12.9 Å². The second-order valence-corrected chi connectivity index (χ2v) is 4.81. The Morgan fingerprint density at radius 1 is 1.29 bits per heavy atom. The van der Waals surface area contributed by atoms with Crippen LogP contribution in [0.5, 0.6) is 5.75 Å². The Bertz CT molecular complexity index is 356. The number of benzene rings is 1. The number of Topliss-reactive ketones (excluding diaryl/α,β-unsaturated/α-hetero) is 1. The molecule has 1 aromatic carbocycles. The third-order valence-corrected chi connectivity index (χ3v) is 2.82. The maximum absolute atomic E-state index is 11.8. The van der Waals surface area contributed by atoms with Crippen molar-refractivity contribution in [3.63, 3.8) is 0 Å². The van der Waals surface area contributed by atoms with Crippen LogP contribution >= 0.6 is 0 Å². The number of para-hydroxylation sites is 1. The van der Waals surface area contributed by atoms with Gasteiger partial charge < -0.3 is 4.74 Å². The van der Waals surface area contributed by atoms with Crippen LogP contribution in [0.3, 0.4) is 0 Å². The van der Waals surface area contributed by atoms with Crippen molar-refractivity contribution >= 4 is 5.78 Å². The summed E-state index contributed by atoms with van der Waals surface area (Å²) in [5.74, 6) is 1.79. The standard InChI is InChI=1S/C15H22O2/c1-12(2)7-6-9-14(16)11-13-8-4-5-10-15(13)17-3/h4-5,8,10,12H,6-7,9,11H2,1-3H3. The van der Waals surface area contributed by atoms with Crippen molar-refractivity contribution in [2.75, 3.05) is 7.11 Å². The first kappa shape index (κ1) is 13.8. The van der Waals surface area contributed by atoms with Gasteiger partial charge in [0.15, 0.2) is 0 Å². The number of ether oxygens (including phenoxy) is 1. The zero-order chi connectivity index (χ0) is 12.7. The van der Waals surface area contributed by atoms with Gasteiger partial charge in [0.2, 0.25) is 0 Å². The van der Waals surface area contributed by atoms with Gasteiger partial charge in [-0.25, -0.2) is 0 Å². The van der Waals surface area contributed by atoms with E-state index in [-0.39, 0.29) is 0 Å². The van der Waals surface area contributed by atoms with Crippen LogP contribution in [0.1, 0.15) is 38.7 Å². The Hall–Kier alpha value is -1.31. The van der Waals surface area contributed by atoms with Crippen LogP contribution in [0.2, 0.25) is 0 Å². The van der Waals surface area contributed by atoms with Gasteiger partial charge in [-0.2, -0.15) is 0 Å². The molecule has 0 atom stereocenters. The highest BCUT2D eigenvalue weighted by atomic mass is 16.5. The number of rotatable bonds is 7. The predicted octanol–water partition coefficient (Wildman–Crippen LogP) is 3.63. The monoisotopic (exact) mass is 234 g/mol. The van der Waals surface area contributed by atoms with Crippen molar-refractivity contribution in [1.82, 2.24) is 0 Å². The minimum atomic E-state index is 0.301. The summed E-state index contributed by atoms with van der Waals surface area (Å²) in [6.45, 7) is 4.37. The van der Waals surface area contributed by atoms with Crippen molar-refractivity contribution in [1.29, 1.82) is 0 Å². The average Bonchev–Trinajstić information content (AvgIpc) is 2.29. The van der Waals surface area contributed by atoms with Crippen LogP contribution in [0.25, 0.3) is 0 Å². The van der Waals surface area contributed by atoms with Gasteiger partial charge in [-0.1, -0.05) is 38.5 Å². The number of carbonyl (C=O) groups is 1. The van der Waals surface area contributed by atoms with Gasteiger partial charge in [0.05, 0.1) is 7.11 Å². The molecule has 0 bridgehead atoms. The molecule has 0 aliphatic heterocycles. The van der Waals surface area contributed by atoms with E-state index in [4.69, 9.17) is 4.74 Å². The molecule has 0 amide bonds. The van der Waals surface area contributed by atoms with Gasteiger partial charge in [-0.05, 0) is 18.4 Å². The molecule has 2 heteroatoms. The summed E-state index contributed by atoms with van der Waals surface area (Å²) in [7, 11) is 1.64. The molecule has 0 spiro atoms. The molecule has 0 aliphatic rings. The second-order valence-electron chi connectivity index (χ2n) is 4.81. The quantitative estimate of drug-likeness (QED) is 0.720. The van der Waals surface area contributed by atoms with E-state index >= 15 is 0 Å². The summed E-state index contributed by atoms with van der Waals surface area (Å²) in [6, 6.07) is 7.72. The number of ketones is 1. The first-order chi connectivity index (χ1) is 8.13. The maximum Gasteiger partial charge on any atom is 0.137 e. The molecule has 0 heterocycles. The average molecular weight is 234 g/mol. The van der Waals surface area contributed by atoms with Gasteiger partial charge in [0.1, 0.15) is 11.5 Å². The molecule has 0 fully saturated rings. The summed E-state index contributed by atoms with van der Waals surface area (Å²) >= 11 is 0. The molecule has 0 saturated heterocycles. The highest BCUT2D eigenvalue weighted by Crippen LogP contribution is 2.19. The highest BCUT2D eigenvalue weighted by Gasteiger charge is 2.08. The number of carbonyl (C=O) groups excluding carboxylic acids is 1. The Morgan fingerprint density at radius 3 is 2.65 bits per heavy atom. The lowest BCUT2D eigenvalue weighted by molar-refractivity contribution is -0.118. The molecule has 17 heavy (non-hydrogen) atoms. The molecule has 0 saturated carbocycles. The minimum absolute atomic E-state index is 0.301. The molecular weight excluding hydrogens is 212 g/mol. The lowest BCUT2D eigenvalue weighted by Crippen LogP contribution is -2.04. The third-order valence-electron chi connectivity index (χ3n) is 2.82. The van der Waals surface area contributed by atoms with Crippen LogP contribution in [0.4, 0.5) is 0 Å². The lowest BCUT2D eigenvalue weighted by Gasteiger charge is -2.08. The number of methoxy groups -OCH3 is 1. The molecule has 94 valence electrons. The van der Waals surface area contributed by atoms with Gasteiger partial charge in [0, 0.05) is 18.4 Å². The SMILES string of the molecule is COc1ccccc1CC(=O)CCCC(C)C. The van der Waals surface area contributed by atoms with Crippen LogP contribution in [-0.2, 0) is 11.2 Å². The van der Waals surface area contributed by atoms with E-state index in [1.165, 1.54) is 0 Å². The molecule has 1 aromatic rings. The molecule has 2 nitrogen and oxygen atoms in total. The molecule has 0 aliphatic carbocycles. The Balaban J connectivity index is 2.45. The van der Waals surface area contributed by atoms with Gasteiger partial charge in [0.25, 0.3) is 0 Å². The molecule has 0 radical (unpaired) electrons. The Kier molecular flexibility index (Phi) is 5.75. The second kappa shape index (κ2) is 7.10. The molecule has 0 aromatic heterocycles. The van der Waals surface area contributed by atoms with Crippen LogP contribution in [0, 0.1) is 5.92 Å². The van der Waals surface area contributed by atoms with Crippen LogP contribution < -0.4 is 4.74 Å². The topological polar surface area (TPSA) is 26.3 Å². The van der Waals surface area contributed by atoms with E-state index < -0.39 is 0 Å². The number of hydrogen-bond acceptors (Lipinski definition) is 2. The van der Waals surface area contributed by atoms with Crippen molar-refractivity contribution in [2.24, 2.45) is 5.92 Å². The fourth-order valence-electron chi connectivity index (χ4n) is 1.86. The zero-order valence-corrected chi connectivity index (χ0v) is 11.0. The van der Waals surface area contributed by atoms with E-state index in [1.54, 1.807) is 7.11 Å². The van der Waals surface area contributed by atoms with E-state index in [1.807, 2.05) is 24.3 Å². The largest absolute Gasteiger partial charge is 0.496 e. The number of hydrogen-bond donors (Lipinski definition) is 0. The molecule has 0 N–H and O–H groups in total.